The van der Waals surface area contributed by atoms with E-state index in [1.807, 2.05) is 14.1 Å². The minimum Gasteiger partial charge on any atom is -0.367 e. The van der Waals surface area contributed by atoms with Crippen molar-refractivity contribution in [2.75, 3.05) is 33.8 Å². The topological polar surface area (TPSA) is 41.6 Å². The first-order valence-electron chi connectivity index (χ1n) is 4.24. The molecular formula is C8H16N2O2. The molecule has 0 radical (unpaired) electrons. The van der Waals surface area contributed by atoms with Crippen molar-refractivity contribution in [3.8, 4) is 0 Å². The van der Waals surface area contributed by atoms with Crippen molar-refractivity contribution in [1.82, 2.24) is 10.2 Å². The van der Waals surface area contributed by atoms with E-state index in [0.29, 0.717) is 0 Å². The van der Waals surface area contributed by atoms with E-state index in [4.69, 9.17) is 4.74 Å². The van der Waals surface area contributed by atoms with Gasteiger partial charge in [-0.25, -0.2) is 0 Å². The molecule has 1 unspecified atom stereocenters. The minimum atomic E-state index is 0.0794. The highest BCUT2D eigenvalue weighted by molar-refractivity contribution is 5.77. The Morgan fingerprint density at radius 1 is 1.75 bits per heavy atom. The van der Waals surface area contributed by atoms with Gasteiger partial charge in [-0.3, -0.25) is 4.79 Å². The van der Waals surface area contributed by atoms with E-state index in [0.717, 1.165) is 19.5 Å². The molecule has 1 aliphatic rings. The summed E-state index contributed by atoms with van der Waals surface area (Å²) >= 11 is 0. The highest BCUT2D eigenvalue weighted by atomic mass is 16.5. The fraction of sp³-hybridized carbons (Fsp3) is 0.875. The number of carbonyl (C=O) groups is 1. The molecule has 0 bridgehead atoms. The van der Waals surface area contributed by atoms with Gasteiger partial charge in [0.05, 0.1) is 6.10 Å². The number of likely N-dealkylation sites (N-methyl/N-ethyl adjacent to an activating group) is 1. The maximum atomic E-state index is 11.0. The molecule has 1 aliphatic heterocycles. The molecule has 12 heavy (non-hydrogen) atoms. The van der Waals surface area contributed by atoms with Crippen LogP contribution in [0.3, 0.4) is 0 Å². The van der Waals surface area contributed by atoms with Crippen molar-refractivity contribution in [1.29, 1.82) is 0 Å². The van der Waals surface area contributed by atoms with Crippen molar-refractivity contribution in [2.45, 2.75) is 12.5 Å². The number of hydrogen-bond donors (Lipinski definition) is 1. The SMILES string of the molecule is CNCCC1CN(C)C(=O)CO1. The van der Waals surface area contributed by atoms with E-state index in [1.165, 1.54) is 0 Å². The van der Waals surface area contributed by atoms with Crippen LogP contribution in [0.5, 0.6) is 0 Å². The molecule has 4 nitrogen and oxygen atoms in total. The number of morpholine rings is 1. The normalized spacial score (nSPS) is 24.7. The van der Waals surface area contributed by atoms with Gasteiger partial charge in [0, 0.05) is 13.6 Å². The van der Waals surface area contributed by atoms with Gasteiger partial charge >= 0.3 is 0 Å². The third-order valence-corrected chi connectivity index (χ3v) is 2.06. The van der Waals surface area contributed by atoms with Gasteiger partial charge in [0.2, 0.25) is 5.91 Å². The van der Waals surface area contributed by atoms with E-state index in [-0.39, 0.29) is 18.6 Å². The molecule has 1 N–H and O–H groups in total. The Bertz CT molecular complexity index is 161. The van der Waals surface area contributed by atoms with Gasteiger partial charge in [-0.15, -0.1) is 0 Å². The van der Waals surface area contributed by atoms with E-state index in [9.17, 15) is 4.79 Å². The van der Waals surface area contributed by atoms with E-state index in [1.54, 1.807) is 4.90 Å². The molecular weight excluding hydrogens is 156 g/mol. The van der Waals surface area contributed by atoms with Gasteiger partial charge in [-0.2, -0.15) is 0 Å². The standard InChI is InChI=1S/C8H16N2O2/c1-9-4-3-7-5-10(2)8(11)6-12-7/h7,9H,3-6H2,1-2H3. The molecule has 1 heterocycles. The van der Waals surface area contributed by atoms with Crippen molar-refractivity contribution in [3.05, 3.63) is 0 Å². The monoisotopic (exact) mass is 172 g/mol. The number of nitrogens with one attached hydrogen (secondary N) is 1. The Morgan fingerprint density at radius 2 is 2.50 bits per heavy atom. The Kier molecular flexibility index (Phi) is 3.49. The molecule has 0 saturated carbocycles. The lowest BCUT2D eigenvalue weighted by Crippen LogP contribution is -2.44. The van der Waals surface area contributed by atoms with Crippen LogP contribution >= 0.6 is 0 Å². The summed E-state index contributed by atoms with van der Waals surface area (Å²) < 4.78 is 5.33. The second-order valence-electron chi connectivity index (χ2n) is 3.10. The van der Waals surface area contributed by atoms with Gasteiger partial charge in [0.25, 0.3) is 0 Å². The zero-order valence-electron chi connectivity index (χ0n) is 7.67. The summed E-state index contributed by atoms with van der Waals surface area (Å²) in [4.78, 5) is 12.7. The van der Waals surface area contributed by atoms with Crippen LogP contribution in [0.25, 0.3) is 0 Å². The van der Waals surface area contributed by atoms with Crippen LogP contribution in [-0.2, 0) is 9.53 Å². The predicted octanol–water partition coefficient (Wildman–Crippen LogP) is -0.547. The first-order chi connectivity index (χ1) is 5.74. The van der Waals surface area contributed by atoms with E-state index in [2.05, 4.69) is 5.32 Å². The maximum absolute atomic E-state index is 11.0. The summed E-state index contributed by atoms with van der Waals surface area (Å²) in [5.41, 5.74) is 0. The quantitative estimate of drug-likeness (QED) is 0.621. The second kappa shape index (κ2) is 4.42. The number of amides is 1. The minimum absolute atomic E-state index is 0.0794. The molecule has 4 heteroatoms. The molecule has 70 valence electrons. The fourth-order valence-corrected chi connectivity index (χ4v) is 1.24. The zero-order chi connectivity index (χ0) is 8.97. The highest BCUT2D eigenvalue weighted by Gasteiger charge is 2.22. The number of rotatable bonds is 3. The van der Waals surface area contributed by atoms with Gasteiger partial charge < -0.3 is 15.0 Å². The second-order valence-corrected chi connectivity index (χ2v) is 3.10. The summed E-state index contributed by atoms with van der Waals surface area (Å²) in [5.74, 6) is 0.0794. The largest absolute Gasteiger partial charge is 0.367 e. The van der Waals surface area contributed by atoms with Crippen LogP contribution in [0.1, 0.15) is 6.42 Å². The molecule has 1 rings (SSSR count). The smallest absolute Gasteiger partial charge is 0.248 e. The molecule has 0 aliphatic carbocycles. The molecule has 0 aromatic rings. The van der Waals surface area contributed by atoms with Crippen molar-refractivity contribution >= 4 is 5.91 Å². The third-order valence-electron chi connectivity index (χ3n) is 2.06. The summed E-state index contributed by atoms with van der Waals surface area (Å²) in [6.45, 7) is 1.90. The first kappa shape index (κ1) is 9.48. The van der Waals surface area contributed by atoms with Crippen molar-refractivity contribution in [3.63, 3.8) is 0 Å². The van der Waals surface area contributed by atoms with Crippen molar-refractivity contribution in [2.24, 2.45) is 0 Å². The van der Waals surface area contributed by atoms with Crippen LogP contribution in [0, 0.1) is 0 Å². The molecule has 1 atom stereocenters. The average molecular weight is 172 g/mol. The number of ether oxygens (including phenoxy) is 1. The average Bonchev–Trinajstić information content (AvgIpc) is 2.07. The number of hydrogen-bond acceptors (Lipinski definition) is 3. The van der Waals surface area contributed by atoms with Crippen LogP contribution in [0.4, 0.5) is 0 Å². The highest BCUT2D eigenvalue weighted by Crippen LogP contribution is 2.06. The fourth-order valence-electron chi connectivity index (χ4n) is 1.24. The first-order valence-corrected chi connectivity index (χ1v) is 4.24. The third kappa shape index (κ3) is 2.46. The summed E-state index contributed by atoms with van der Waals surface area (Å²) in [7, 11) is 3.73. The molecule has 1 fully saturated rings. The van der Waals surface area contributed by atoms with Crippen LogP contribution in [0.2, 0.25) is 0 Å². The van der Waals surface area contributed by atoms with Gasteiger partial charge in [0.1, 0.15) is 6.61 Å². The predicted molar refractivity (Wildman–Crippen MR) is 45.9 cm³/mol. The lowest BCUT2D eigenvalue weighted by molar-refractivity contribution is -0.146. The summed E-state index contributed by atoms with van der Waals surface area (Å²) in [6.07, 6.45) is 1.17. The Labute approximate surface area is 72.9 Å². The summed E-state index contributed by atoms with van der Waals surface area (Å²) in [5, 5.41) is 3.06. The van der Waals surface area contributed by atoms with Gasteiger partial charge in [-0.05, 0) is 20.0 Å². The Balaban J connectivity index is 2.25. The molecule has 1 amide bonds. The van der Waals surface area contributed by atoms with Gasteiger partial charge in [0.15, 0.2) is 0 Å². The van der Waals surface area contributed by atoms with E-state index >= 15 is 0 Å². The van der Waals surface area contributed by atoms with E-state index < -0.39 is 0 Å². The zero-order valence-corrected chi connectivity index (χ0v) is 7.67. The molecule has 0 spiro atoms. The maximum Gasteiger partial charge on any atom is 0.248 e. The number of nitrogens with zero attached hydrogens (tertiary/aromatic N) is 1. The Morgan fingerprint density at radius 3 is 3.08 bits per heavy atom. The molecule has 0 aromatic heterocycles. The number of carbonyl (C=O) groups excluding carboxylic acids is 1. The molecule has 0 aromatic carbocycles. The lowest BCUT2D eigenvalue weighted by atomic mass is 10.2. The van der Waals surface area contributed by atoms with Gasteiger partial charge in [-0.1, -0.05) is 0 Å². The summed E-state index contributed by atoms with van der Waals surface area (Å²) in [6, 6.07) is 0. The van der Waals surface area contributed by atoms with Crippen LogP contribution in [0.15, 0.2) is 0 Å². The Hall–Kier alpha value is -0.610. The van der Waals surface area contributed by atoms with Crippen molar-refractivity contribution < 1.29 is 9.53 Å². The van der Waals surface area contributed by atoms with Crippen LogP contribution < -0.4 is 5.32 Å². The van der Waals surface area contributed by atoms with Crippen LogP contribution in [-0.4, -0.2) is 50.7 Å². The molecule has 1 saturated heterocycles. The lowest BCUT2D eigenvalue weighted by Gasteiger charge is -2.29.